The summed E-state index contributed by atoms with van der Waals surface area (Å²) in [5.74, 6) is 1.15. The molecule has 1 aliphatic rings. The molecule has 0 radical (unpaired) electrons. The molecule has 1 saturated heterocycles. The molecule has 7 heteroatoms. The van der Waals surface area contributed by atoms with Gasteiger partial charge < -0.3 is 0 Å². The van der Waals surface area contributed by atoms with Crippen LogP contribution in [0.15, 0.2) is 35.7 Å². The first-order valence-corrected chi connectivity index (χ1v) is 12.8. The molecule has 2 aromatic rings. The van der Waals surface area contributed by atoms with Crippen molar-refractivity contribution in [1.29, 1.82) is 5.26 Å². The Bertz CT molecular complexity index is 888. The summed E-state index contributed by atoms with van der Waals surface area (Å²) in [6.07, 6.45) is 3.48. The molecule has 0 aliphatic carbocycles. The molecule has 0 bridgehead atoms. The minimum atomic E-state index is -2.94. The summed E-state index contributed by atoms with van der Waals surface area (Å²) in [6, 6.07) is 11.6. The van der Waals surface area contributed by atoms with E-state index in [-0.39, 0.29) is 0 Å². The van der Waals surface area contributed by atoms with Gasteiger partial charge in [0.15, 0.2) is 0 Å². The third-order valence-electron chi connectivity index (χ3n) is 4.77. The number of nitrogens with zero attached hydrogens (tertiary/aromatic N) is 2. The van der Waals surface area contributed by atoms with Crippen LogP contribution in [-0.4, -0.2) is 32.1 Å². The topological polar surface area (TPSA) is 61.2 Å². The van der Waals surface area contributed by atoms with Crippen molar-refractivity contribution in [3.8, 4) is 6.07 Å². The summed E-state index contributed by atoms with van der Waals surface area (Å²) in [5.41, 5.74) is 1.61. The van der Waals surface area contributed by atoms with Crippen LogP contribution in [0.1, 0.15) is 43.2 Å². The summed E-state index contributed by atoms with van der Waals surface area (Å²) >= 11 is 7.53. The Labute approximate surface area is 185 Å². The fourth-order valence-electron chi connectivity index (χ4n) is 2.82. The molecule has 0 N–H and O–H groups in total. The van der Waals surface area contributed by atoms with Gasteiger partial charge in [-0.1, -0.05) is 44.5 Å². The van der Waals surface area contributed by atoms with Crippen molar-refractivity contribution in [2.24, 2.45) is 11.8 Å². The molecule has 1 unspecified atom stereocenters. The van der Waals surface area contributed by atoms with Gasteiger partial charge in [-0.25, -0.2) is 12.7 Å². The van der Waals surface area contributed by atoms with Gasteiger partial charge in [-0.2, -0.15) is 5.26 Å². The number of rotatable bonds is 3. The molecule has 1 atom stereocenters. The van der Waals surface area contributed by atoms with Gasteiger partial charge in [-0.15, -0.1) is 11.3 Å². The molecule has 0 spiro atoms. The van der Waals surface area contributed by atoms with Crippen molar-refractivity contribution in [2.75, 3.05) is 19.3 Å². The highest BCUT2D eigenvalue weighted by Crippen LogP contribution is 2.24. The van der Waals surface area contributed by atoms with E-state index in [1.54, 1.807) is 16.4 Å². The van der Waals surface area contributed by atoms with E-state index in [0.29, 0.717) is 29.0 Å². The van der Waals surface area contributed by atoms with E-state index >= 15 is 0 Å². The first kappa shape index (κ1) is 25.6. The highest BCUT2D eigenvalue weighted by molar-refractivity contribution is 7.88. The van der Waals surface area contributed by atoms with Crippen LogP contribution in [0, 0.1) is 30.1 Å². The fraction of sp³-hybridized carbons (Fsp3) is 0.500. The van der Waals surface area contributed by atoms with Gasteiger partial charge in [0.2, 0.25) is 10.0 Å². The molecular weight excluding hydrogens is 424 g/mol. The smallest absolute Gasteiger partial charge is 0.211 e. The summed E-state index contributed by atoms with van der Waals surface area (Å²) in [7, 11) is -2.94. The quantitative estimate of drug-likeness (QED) is 0.592. The van der Waals surface area contributed by atoms with Crippen LogP contribution in [0.5, 0.6) is 0 Å². The van der Waals surface area contributed by atoms with Crippen LogP contribution in [0.25, 0.3) is 0 Å². The standard InChI is InChI=1S/C8H6ClN.C8H17NO2S.C6H8S/c1-6-2-3-7(5-10)8(9)4-6;1-7(2)8-4-5-9(6-8)12(3,10)11;1-2-6-4-3-5-7-6/h2-4H,1H3;7-8H,4-6H2,1-3H3;3-5H,2H2,1H3. The Kier molecular flexibility index (Phi) is 10.9. The SMILES string of the molecule is CC(C)C1CCN(S(C)(=O)=O)C1.CCc1cccs1.Cc1ccc(C#N)c(Cl)c1. The zero-order chi connectivity index (χ0) is 22.0. The van der Waals surface area contributed by atoms with Crippen molar-refractivity contribution in [1.82, 2.24) is 4.31 Å². The Morgan fingerprint density at radius 3 is 2.38 bits per heavy atom. The maximum atomic E-state index is 11.1. The lowest BCUT2D eigenvalue weighted by molar-refractivity contribution is 0.390. The Morgan fingerprint density at radius 1 is 1.34 bits per heavy atom. The maximum Gasteiger partial charge on any atom is 0.211 e. The fourth-order valence-corrected chi connectivity index (χ4v) is 4.66. The van der Waals surface area contributed by atoms with E-state index in [2.05, 4.69) is 38.3 Å². The molecule has 3 rings (SSSR count). The lowest BCUT2D eigenvalue weighted by atomic mass is 9.96. The van der Waals surface area contributed by atoms with Crippen LogP contribution in [-0.2, 0) is 16.4 Å². The number of hydrogen-bond acceptors (Lipinski definition) is 4. The molecule has 0 saturated carbocycles. The van der Waals surface area contributed by atoms with Crippen LogP contribution in [0.4, 0.5) is 0 Å². The van der Waals surface area contributed by atoms with Gasteiger partial charge in [-0.3, -0.25) is 0 Å². The highest BCUT2D eigenvalue weighted by Gasteiger charge is 2.29. The minimum absolute atomic E-state index is 0.530. The van der Waals surface area contributed by atoms with E-state index in [1.807, 2.05) is 30.4 Å². The maximum absolute atomic E-state index is 11.1. The normalized spacial score (nSPS) is 16.4. The number of sulfonamides is 1. The molecule has 29 heavy (non-hydrogen) atoms. The largest absolute Gasteiger partial charge is 0.213 e. The summed E-state index contributed by atoms with van der Waals surface area (Å²) in [4.78, 5) is 1.47. The molecular formula is C22H31ClN2O2S2. The van der Waals surface area contributed by atoms with Crippen LogP contribution < -0.4 is 0 Å². The Morgan fingerprint density at radius 2 is 2.03 bits per heavy atom. The van der Waals surface area contributed by atoms with Crippen molar-refractivity contribution < 1.29 is 8.42 Å². The van der Waals surface area contributed by atoms with Gasteiger partial charge >= 0.3 is 0 Å². The van der Waals surface area contributed by atoms with Crippen LogP contribution in [0.3, 0.4) is 0 Å². The van der Waals surface area contributed by atoms with Crippen molar-refractivity contribution >= 4 is 33.0 Å². The zero-order valence-electron chi connectivity index (χ0n) is 17.9. The lowest BCUT2D eigenvalue weighted by Gasteiger charge is -2.15. The van der Waals surface area contributed by atoms with E-state index in [9.17, 15) is 8.42 Å². The summed E-state index contributed by atoms with van der Waals surface area (Å²) in [6.45, 7) is 9.84. The summed E-state index contributed by atoms with van der Waals surface area (Å²) < 4.78 is 23.8. The molecule has 160 valence electrons. The number of thiophene rings is 1. The second-order valence-electron chi connectivity index (χ2n) is 7.44. The number of aryl methyl sites for hydroxylation is 2. The predicted molar refractivity (Wildman–Crippen MR) is 124 cm³/mol. The second-order valence-corrected chi connectivity index (χ2v) is 10.9. The summed E-state index contributed by atoms with van der Waals surface area (Å²) in [5, 5.41) is 11.1. The third-order valence-corrected chi connectivity index (χ3v) is 7.38. The zero-order valence-corrected chi connectivity index (χ0v) is 20.2. The molecule has 4 nitrogen and oxygen atoms in total. The van der Waals surface area contributed by atoms with Gasteiger partial charge in [0, 0.05) is 18.0 Å². The molecule has 0 amide bonds. The second kappa shape index (κ2) is 12.3. The van der Waals surface area contributed by atoms with Crippen LogP contribution >= 0.6 is 22.9 Å². The predicted octanol–water partition coefficient (Wildman–Crippen LogP) is 5.75. The van der Waals surface area contributed by atoms with E-state index in [0.717, 1.165) is 18.5 Å². The Balaban J connectivity index is 0.000000225. The molecule has 1 aromatic carbocycles. The first-order valence-electron chi connectivity index (χ1n) is 9.72. The number of benzene rings is 1. The van der Waals surface area contributed by atoms with Gasteiger partial charge in [0.25, 0.3) is 0 Å². The molecule has 1 fully saturated rings. The molecule has 2 heterocycles. The van der Waals surface area contributed by atoms with E-state index in [1.165, 1.54) is 17.6 Å². The number of hydrogen-bond donors (Lipinski definition) is 0. The number of halogens is 1. The van der Waals surface area contributed by atoms with Gasteiger partial charge in [-0.05, 0) is 60.7 Å². The van der Waals surface area contributed by atoms with E-state index in [4.69, 9.17) is 16.9 Å². The van der Waals surface area contributed by atoms with Crippen LogP contribution in [0.2, 0.25) is 5.02 Å². The average molecular weight is 455 g/mol. The van der Waals surface area contributed by atoms with Crippen molar-refractivity contribution in [3.05, 3.63) is 56.7 Å². The average Bonchev–Trinajstić information content (AvgIpc) is 3.34. The number of nitriles is 1. The Hall–Kier alpha value is -1.39. The monoisotopic (exact) mass is 454 g/mol. The molecule has 1 aliphatic heterocycles. The highest BCUT2D eigenvalue weighted by atomic mass is 35.5. The van der Waals surface area contributed by atoms with Crippen molar-refractivity contribution in [3.63, 3.8) is 0 Å². The van der Waals surface area contributed by atoms with Crippen molar-refractivity contribution in [2.45, 2.75) is 40.5 Å². The minimum Gasteiger partial charge on any atom is -0.213 e. The third kappa shape index (κ3) is 9.31. The van der Waals surface area contributed by atoms with Gasteiger partial charge in [0.05, 0.1) is 16.8 Å². The molecule has 1 aromatic heterocycles. The lowest BCUT2D eigenvalue weighted by Crippen LogP contribution is -2.28. The van der Waals surface area contributed by atoms with Gasteiger partial charge in [0.1, 0.15) is 6.07 Å². The first-order chi connectivity index (χ1) is 13.6. The van der Waals surface area contributed by atoms with E-state index < -0.39 is 10.0 Å².